The highest BCUT2D eigenvalue weighted by Crippen LogP contribution is 2.30. The van der Waals surface area contributed by atoms with E-state index in [0.717, 1.165) is 12.1 Å². The van der Waals surface area contributed by atoms with Crippen molar-refractivity contribution in [2.24, 2.45) is 0 Å². The minimum Gasteiger partial charge on any atom is -0.462 e. The van der Waals surface area contributed by atoms with E-state index in [1.165, 1.54) is 19.2 Å². The Morgan fingerprint density at radius 2 is 2.04 bits per heavy atom. The minimum atomic E-state index is -4.55. The van der Waals surface area contributed by atoms with Crippen LogP contribution in [0.25, 0.3) is 5.65 Å². The molecule has 3 rings (SSSR count). The van der Waals surface area contributed by atoms with Crippen LogP contribution in [0.3, 0.4) is 0 Å². The topological polar surface area (TPSA) is 58.4 Å². The maximum atomic E-state index is 13.1. The number of hydrogen-bond acceptors (Lipinski definition) is 3. The summed E-state index contributed by atoms with van der Waals surface area (Å²) in [6.07, 6.45) is -2.73. The summed E-state index contributed by atoms with van der Waals surface area (Å²) >= 11 is 0. The van der Waals surface area contributed by atoms with Crippen molar-refractivity contribution in [3.63, 3.8) is 0 Å². The summed E-state index contributed by atoms with van der Waals surface area (Å²) in [5.74, 6) is -0.409. The van der Waals surface area contributed by atoms with E-state index in [9.17, 15) is 18.0 Å². The molecule has 2 aromatic heterocycles. The molecule has 0 aliphatic carbocycles. The lowest BCUT2D eigenvalue weighted by Crippen LogP contribution is -2.34. The molecule has 0 saturated heterocycles. The predicted octanol–water partition coefficient (Wildman–Crippen LogP) is 3.40. The number of pyridine rings is 1. The number of rotatable bonds is 5. The van der Waals surface area contributed by atoms with Crippen molar-refractivity contribution < 1.29 is 27.3 Å². The molecule has 0 aliphatic heterocycles. The molecule has 0 unspecified atom stereocenters. The third kappa shape index (κ3) is 3.36. The van der Waals surface area contributed by atoms with Gasteiger partial charge in [-0.15, -0.1) is 0 Å². The summed E-state index contributed by atoms with van der Waals surface area (Å²) < 4.78 is 47.6. The molecule has 5 nitrogen and oxygen atoms in total. The number of aryl methyl sites for hydroxylation is 1. The van der Waals surface area contributed by atoms with E-state index in [1.807, 2.05) is 6.07 Å². The SMILES string of the molecule is COc1c(C(=O)c2cccc(C(F)(F)F)c2)n2ccccc2[n+]1CCC#N. The highest BCUT2D eigenvalue weighted by atomic mass is 19.4. The van der Waals surface area contributed by atoms with Crippen LogP contribution in [0.4, 0.5) is 13.2 Å². The first-order chi connectivity index (χ1) is 12.9. The average Bonchev–Trinajstić information content (AvgIpc) is 2.98. The monoisotopic (exact) mass is 374 g/mol. The van der Waals surface area contributed by atoms with Gasteiger partial charge in [-0.05, 0) is 18.2 Å². The van der Waals surface area contributed by atoms with E-state index in [2.05, 4.69) is 0 Å². The molecular formula is C19H15F3N3O2+. The largest absolute Gasteiger partial charge is 0.462 e. The number of nitriles is 1. The zero-order valence-corrected chi connectivity index (χ0v) is 14.3. The molecular weight excluding hydrogens is 359 g/mol. The van der Waals surface area contributed by atoms with E-state index in [0.29, 0.717) is 5.65 Å². The van der Waals surface area contributed by atoms with Crippen LogP contribution in [0.1, 0.15) is 28.0 Å². The maximum Gasteiger partial charge on any atom is 0.416 e. The van der Waals surface area contributed by atoms with Gasteiger partial charge in [0, 0.05) is 11.6 Å². The molecule has 0 bridgehead atoms. The van der Waals surface area contributed by atoms with E-state index in [-0.39, 0.29) is 30.1 Å². The lowest BCUT2D eigenvalue weighted by molar-refractivity contribution is -0.674. The van der Waals surface area contributed by atoms with Crippen LogP contribution in [-0.4, -0.2) is 17.3 Å². The van der Waals surface area contributed by atoms with Crippen molar-refractivity contribution in [3.8, 4) is 11.9 Å². The predicted molar refractivity (Wildman–Crippen MR) is 89.3 cm³/mol. The average molecular weight is 374 g/mol. The van der Waals surface area contributed by atoms with E-state index in [1.54, 1.807) is 33.4 Å². The quantitative estimate of drug-likeness (QED) is 0.508. The number of benzene rings is 1. The number of hydrogen-bond donors (Lipinski definition) is 0. The Bertz CT molecular complexity index is 1050. The lowest BCUT2D eigenvalue weighted by Gasteiger charge is -2.07. The zero-order chi connectivity index (χ0) is 19.6. The van der Waals surface area contributed by atoms with Gasteiger partial charge in [-0.25, -0.2) is 0 Å². The van der Waals surface area contributed by atoms with Crippen LogP contribution in [0, 0.1) is 11.3 Å². The molecule has 0 N–H and O–H groups in total. The second kappa shape index (κ2) is 7.11. The number of carbonyl (C=O) groups is 1. The summed E-state index contributed by atoms with van der Waals surface area (Å²) in [6.45, 7) is 0.281. The van der Waals surface area contributed by atoms with Crippen molar-refractivity contribution in [1.29, 1.82) is 5.26 Å². The number of alkyl halides is 3. The van der Waals surface area contributed by atoms with Crippen LogP contribution in [0.2, 0.25) is 0 Å². The number of fused-ring (bicyclic) bond motifs is 1. The number of methoxy groups -OCH3 is 1. The van der Waals surface area contributed by atoms with Gasteiger partial charge in [-0.1, -0.05) is 18.2 Å². The summed E-state index contributed by atoms with van der Waals surface area (Å²) in [5, 5.41) is 8.88. The van der Waals surface area contributed by atoms with E-state index >= 15 is 0 Å². The molecule has 1 aromatic carbocycles. The molecule has 0 radical (unpaired) electrons. The van der Waals surface area contributed by atoms with Crippen molar-refractivity contribution in [3.05, 3.63) is 65.5 Å². The first-order valence-electron chi connectivity index (χ1n) is 8.04. The number of ketones is 1. The number of imidazole rings is 1. The van der Waals surface area contributed by atoms with Gasteiger partial charge in [0.1, 0.15) is 6.54 Å². The number of carbonyl (C=O) groups excluding carboxylic acids is 1. The fourth-order valence-corrected chi connectivity index (χ4v) is 2.94. The molecule has 0 aliphatic rings. The van der Waals surface area contributed by atoms with Gasteiger partial charge in [0.05, 0.1) is 31.4 Å². The van der Waals surface area contributed by atoms with Crippen molar-refractivity contribution in [1.82, 2.24) is 4.40 Å². The van der Waals surface area contributed by atoms with Gasteiger partial charge in [0.15, 0.2) is 0 Å². The number of halogens is 3. The summed E-state index contributed by atoms with van der Waals surface area (Å²) in [5.41, 5.74) is -0.297. The molecule has 8 heteroatoms. The standard InChI is InChI=1S/C19H15F3N3O2/c1-27-18-16(17(26)13-6-4-7-14(12-13)19(20,21)22)24-10-3-2-8-15(24)25(18)11-5-9-23/h2-4,6-8,10,12H,5,11H2,1H3/q+1. The van der Waals surface area contributed by atoms with Crippen LogP contribution in [-0.2, 0) is 12.7 Å². The van der Waals surface area contributed by atoms with Crippen LogP contribution < -0.4 is 9.30 Å². The molecule has 0 spiro atoms. The Hall–Kier alpha value is -3.34. The Morgan fingerprint density at radius 3 is 2.70 bits per heavy atom. The molecule has 0 atom stereocenters. The van der Waals surface area contributed by atoms with Crippen molar-refractivity contribution >= 4 is 11.4 Å². The molecule has 0 amide bonds. The number of aromatic nitrogens is 2. The third-order valence-electron chi connectivity index (χ3n) is 4.11. The molecule has 138 valence electrons. The Labute approximate surface area is 152 Å². The summed E-state index contributed by atoms with van der Waals surface area (Å²) in [7, 11) is 1.38. The second-order valence-electron chi connectivity index (χ2n) is 5.75. The van der Waals surface area contributed by atoms with E-state index < -0.39 is 17.5 Å². The molecule has 0 fully saturated rings. The summed E-state index contributed by atoms with van der Waals surface area (Å²) in [6, 6.07) is 11.5. The number of ether oxygens (including phenoxy) is 1. The third-order valence-corrected chi connectivity index (χ3v) is 4.11. The van der Waals surface area contributed by atoms with Gasteiger partial charge in [-0.2, -0.15) is 27.4 Å². The molecule has 2 heterocycles. The Kier molecular flexibility index (Phi) is 4.86. The van der Waals surface area contributed by atoms with Crippen LogP contribution >= 0.6 is 0 Å². The smallest absolute Gasteiger partial charge is 0.416 e. The van der Waals surface area contributed by atoms with Crippen molar-refractivity contribution in [2.75, 3.05) is 7.11 Å². The van der Waals surface area contributed by atoms with Crippen molar-refractivity contribution in [2.45, 2.75) is 19.1 Å². The second-order valence-corrected chi connectivity index (χ2v) is 5.75. The van der Waals surface area contributed by atoms with Crippen LogP contribution in [0.15, 0.2) is 48.7 Å². The van der Waals surface area contributed by atoms with E-state index in [4.69, 9.17) is 10.00 Å². The summed E-state index contributed by atoms with van der Waals surface area (Å²) in [4.78, 5) is 13.1. The normalized spacial score (nSPS) is 11.4. The maximum absolute atomic E-state index is 13.1. The van der Waals surface area contributed by atoms with Gasteiger partial charge in [-0.3, -0.25) is 4.79 Å². The fraction of sp³-hybridized carbons (Fsp3) is 0.211. The van der Waals surface area contributed by atoms with Gasteiger partial charge in [0.25, 0.3) is 11.3 Å². The van der Waals surface area contributed by atoms with Crippen LogP contribution in [0.5, 0.6) is 5.88 Å². The van der Waals surface area contributed by atoms with Gasteiger partial charge >= 0.3 is 12.1 Å². The zero-order valence-electron chi connectivity index (χ0n) is 14.3. The van der Waals surface area contributed by atoms with Gasteiger partial charge in [0.2, 0.25) is 5.78 Å². The van der Waals surface area contributed by atoms with Gasteiger partial charge < -0.3 is 4.74 Å². The lowest BCUT2D eigenvalue weighted by atomic mass is 10.0. The number of nitrogens with zero attached hydrogens (tertiary/aromatic N) is 3. The highest BCUT2D eigenvalue weighted by Gasteiger charge is 2.35. The first kappa shape index (κ1) is 18.5. The molecule has 0 saturated carbocycles. The Balaban J connectivity index is 2.20. The molecule has 27 heavy (non-hydrogen) atoms. The fourth-order valence-electron chi connectivity index (χ4n) is 2.94. The first-order valence-corrected chi connectivity index (χ1v) is 8.04. The Morgan fingerprint density at radius 1 is 1.26 bits per heavy atom. The minimum absolute atomic E-state index is 0.0983. The highest BCUT2D eigenvalue weighted by molar-refractivity contribution is 6.09. The molecule has 3 aromatic rings.